The molecule has 0 radical (unpaired) electrons. The smallest absolute Gasteiger partial charge is 0.317 e. The van der Waals surface area contributed by atoms with Crippen LogP contribution in [0.15, 0.2) is 48.5 Å². The van der Waals surface area contributed by atoms with Crippen molar-refractivity contribution in [1.29, 1.82) is 0 Å². The van der Waals surface area contributed by atoms with Gasteiger partial charge in [0, 0.05) is 19.5 Å². The number of nitrogens with zero attached hydrogens (tertiary/aromatic N) is 1. The van der Waals surface area contributed by atoms with E-state index in [4.69, 9.17) is 9.47 Å². The number of hydrogen-bond donors (Lipinski definition) is 1. The van der Waals surface area contributed by atoms with Crippen LogP contribution in [0.5, 0.6) is 11.5 Å². The van der Waals surface area contributed by atoms with Crippen LogP contribution in [-0.2, 0) is 6.42 Å². The van der Waals surface area contributed by atoms with Crippen LogP contribution in [0.1, 0.15) is 28.8 Å². The average molecular weight is 380 g/mol. The van der Waals surface area contributed by atoms with E-state index in [1.165, 1.54) is 0 Å². The fraction of sp³-hybridized carbons (Fsp3) is 0.364. The number of Topliss-reactive ketones (excluding diaryl/α,β-unsaturated/α-hetero) is 1. The third-order valence-corrected chi connectivity index (χ3v) is 5.45. The molecule has 2 aromatic carbocycles. The van der Waals surface area contributed by atoms with Crippen molar-refractivity contribution in [2.45, 2.75) is 24.9 Å². The minimum absolute atomic E-state index is 0.0867. The van der Waals surface area contributed by atoms with Crippen molar-refractivity contribution in [3.05, 3.63) is 59.7 Å². The Kier molecular flexibility index (Phi) is 4.94. The topological polar surface area (TPSA) is 67.9 Å². The maximum Gasteiger partial charge on any atom is 0.317 e. The summed E-state index contributed by atoms with van der Waals surface area (Å²) in [5.74, 6) is 1.53. The first kappa shape index (κ1) is 18.3. The van der Waals surface area contributed by atoms with Crippen LogP contribution in [-0.4, -0.2) is 49.1 Å². The first-order valence-corrected chi connectivity index (χ1v) is 9.55. The zero-order valence-corrected chi connectivity index (χ0v) is 15.9. The van der Waals surface area contributed by atoms with Crippen LogP contribution >= 0.6 is 0 Å². The third-order valence-electron chi connectivity index (χ3n) is 5.45. The van der Waals surface area contributed by atoms with Gasteiger partial charge in [0.15, 0.2) is 5.78 Å². The quantitative estimate of drug-likeness (QED) is 0.885. The van der Waals surface area contributed by atoms with Crippen LogP contribution in [0.4, 0.5) is 4.79 Å². The minimum atomic E-state index is -0.598. The minimum Gasteiger partial charge on any atom is -0.497 e. The second kappa shape index (κ2) is 7.54. The van der Waals surface area contributed by atoms with E-state index in [9.17, 15) is 9.59 Å². The molecule has 0 bridgehead atoms. The molecule has 6 nitrogen and oxygen atoms in total. The van der Waals surface area contributed by atoms with Gasteiger partial charge >= 0.3 is 6.03 Å². The molecule has 6 heteroatoms. The summed E-state index contributed by atoms with van der Waals surface area (Å²) in [5, 5.41) is 2.97. The lowest BCUT2D eigenvalue weighted by Gasteiger charge is -2.34. The van der Waals surface area contributed by atoms with E-state index < -0.39 is 5.60 Å². The van der Waals surface area contributed by atoms with E-state index in [2.05, 4.69) is 5.32 Å². The number of amides is 2. The third kappa shape index (κ3) is 3.67. The van der Waals surface area contributed by atoms with Gasteiger partial charge in [0.25, 0.3) is 0 Å². The largest absolute Gasteiger partial charge is 0.497 e. The van der Waals surface area contributed by atoms with Crippen LogP contribution in [0.3, 0.4) is 0 Å². The number of ether oxygens (including phenoxy) is 2. The molecule has 28 heavy (non-hydrogen) atoms. The lowest BCUT2D eigenvalue weighted by molar-refractivity contribution is 0.0478. The number of benzene rings is 2. The van der Waals surface area contributed by atoms with Gasteiger partial charge in [-0.1, -0.05) is 24.3 Å². The summed E-state index contributed by atoms with van der Waals surface area (Å²) < 4.78 is 11.3. The van der Waals surface area contributed by atoms with E-state index in [1.54, 1.807) is 18.1 Å². The van der Waals surface area contributed by atoms with Crippen molar-refractivity contribution in [3.8, 4) is 11.5 Å². The molecule has 2 amide bonds. The van der Waals surface area contributed by atoms with Gasteiger partial charge in [0.2, 0.25) is 0 Å². The normalized spacial score (nSPS) is 20.6. The molecule has 1 atom stereocenters. The van der Waals surface area contributed by atoms with Crippen LogP contribution in [0.25, 0.3) is 0 Å². The van der Waals surface area contributed by atoms with Gasteiger partial charge in [-0.05, 0) is 36.2 Å². The van der Waals surface area contributed by atoms with E-state index in [0.717, 1.165) is 17.7 Å². The number of rotatable bonds is 4. The summed E-state index contributed by atoms with van der Waals surface area (Å²) in [6.45, 7) is 1.57. The molecule has 146 valence electrons. The van der Waals surface area contributed by atoms with E-state index in [-0.39, 0.29) is 11.8 Å². The Morgan fingerprint density at radius 1 is 1.21 bits per heavy atom. The van der Waals surface area contributed by atoms with Gasteiger partial charge in [-0.25, -0.2) is 4.79 Å². The number of para-hydroxylation sites is 1. The number of carbonyl (C=O) groups is 2. The molecule has 0 aliphatic carbocycles. The summed E-state index contributed by atoms with van der Waals surface area (Å²) in [7, 11) is 1.64. The lowest BCUT2D eigenvalue weighted by Crippen LogP contribution is -2.47. The summed E-state index contributed by atoms with van der Waals surface area (Å²) in [6, 6.07) is 15.0. The van der Waals surface area contributed by atoms with Crippen molar-refractivity contribution in [1.82, 2.24) is 10.2 Å². The van der Waals surface area contributed by atoms with E-state index in [1.807, 2.05) is 42.5 Å². The Bertz CT molecular complexity index is 880. The monoisotopic (exact) mass is 380 g/mol. The molecule has 0 aromatic heterocycles. The van der Waals surface area contributed by atoms with Crippen LogP contribution in [0, 0.1) is 0 Å². The molecular formula is C22H24N2O4. The zero-order chi connectivity index (χ0) is 19.6. The molecule has 2 aliphatic rings. The van der Waals surface area contributed by atoms with Crippen molar-refractivity contribution in [2.24, 2.45) is 0 Å². The number of nitrogens with one attached hydrogen (secondary N) is 1. The van der Waals surface area contributed by atoms with Gasteiger partial charge in [-0.2, -0.15) is 0 Å². The number of fused-ring (bicyclic) bond motifs is 1. The number of ketones is 1. The predicted octanol–water partition coefficient (Wildman–Crippen LogP) is 3.06. The second-order valence-electron chi connectivity index (χ2n) is 7.38. The van der Waals surface area contributed by atoms with Crippen molar-refractivity contribution < 1.29 is 19.1 Å². The van der Waals surface area contributed by atoms with Gasteiger partial charge in [0.1, 0.15) is 17.1 Å². The highest BCUT2D eigenvalue weighted by Gasteiger charge is 2.46. The number of likely N-dealkylation sites (tertiary alicyclic amines) is 1. The molecule has 1 N–H and O–H groups in total. The fourth-order valence-electron chi connectivity index (χ4n) is 3.91. The predicted molar refractivity (Wildman–Crippen MR) is 105 cm³/mol. The molecule has 1 unspecified atom stereocenters. The molecule has 1 spiro atoms. The molecular weight excluding hydrogens is 356 g/mol. The van der Waals surface area contributed by atoms with Gasteiger partial charge in [0.05, 0.1) is 25.6 Å². The van der Waals surface area contributed by atoms with Crippen molar-refractivity contribution in [3.63, 3.8) is 0 Å². The Hall–Kier alpha value is -3.02. The second-order valence-corrected chi connectivity index (χ2v) is 7.38. The Labute approximate surface area is 164 Å². The Balaban J connectivity index is 1.31. The van der Waals surface area contributed by atoms with Gasteiger partial charge in [-0.3, -0.25) is 4.79 Å². The Morgan fingerprint density at radius 2 is 2.00 bits per heavy atom. The number of methoxy groups -OCH3 is 1. The zero-order valence-electron chi connectivity index (χ0n) is 15.9. The Morgan fingerprint density at radius 3 is 2.79 bits per heavy atom. The summed E-state index contributed by atoms with van der Waals surface area (Å²) in [5.41, 5.74) is 1.17. The molecule has 1 fully saturated rings. The molecule has 0 saturated carbocycles. The highest BCUT2D eigenvalue weighted by Crippen LogP contribution is 2.38. The van der Waals surface area contributed by atoms with E-state index in [0.29, 0.717) is 43.8 Å². The highest BCUT2D eigenvalue weighted by atomic mass is 16.5. The average Bonchev–Trinajstić information content (AvgIpc) is 3.11. The fourth-order valence-corrected chi connectivity index (χ4v) is 3.91. The first-order chi connectivity index (χ1) is 13.6. The lowest BCUT2D eigenvalue weighted by atomic mass is 9.89. The van der Waals surface area contributed by atoms with Crippen LogP contribution < -0.4 is 14.8 Å². The summed E-state index contributed by atoms with van der Waals surface area (Å²) in [6.07, 6.45) is 1.73. The molecule has 4 rings (SSSR count). The molecule has 1 saturated heterocycles. The number of carbonyl (C=O) groups excluding carboxylic acids is 2. The molecule has 2 aliphatic heterocycles. The first-order valence-electron chi connectivity index (χ1n) is 9.55. The maximum atomic E-state index is 12.5. The van der Waals surface area contributed by atoms with Gasteiger partial charge < -0.3 is 19.7 Å². The standard InChI is InChI=1S/C22H24N2O4/c1-27-17-8-6-16(7-9-17)10-12-23-21(26)24-13-11-22(15-24)14-19(25)18-4-2-3-5-20(18)28-22/h2-9H,10-15H2,1H3,(H,23,26). The molecule has 2 heterocycles. The van der Waals surface area contributed by atoms with Crippen molar-refractivity contribution >= 4 is 11.8 Å². The van der Waals surface area contributed by atoms with Crippen LogP contribution in [0.2, 0.25) is 0 Å². The van der Waals surface area contributed by atoms with Crippen molar-refractivity contribution in [2.75, 3.05) is 26.7 Å². The maximum absolute atomic E-state index is 12.5. The summed E-state index contributed by atoms with van der Waals surface area (Å²) >= 11 is 0. The summed E-state index contributed by atoms with van der Waals surface area (Å²) in [4.78, 5) is 26.8. The highest BCUT2D eigenvalue weighted by molar-refractivity contribution is 6.00. The number of hydrogen-bond acceptors (Lipinski definition) is 4. The molecule has 2 aromatic rings. The van der Waals surface area contributed by atoms with Gasteiger partial charge in [-0.15, -0.1) is 0 Å². The number of urea groups is 1. The SMILES string of the molecule is COc1ccc(CCNC(=O)N2CCC3(CC(=O)c4ccccc4O3)C2)cc1. The van der Waals surface area contributed by atoms with E-state index >= 15 is 0 Å².